The van der Waals surface area contributed by atoms with Crippen molar-refractivity contribution in [3.8, 4) is 0 Å². The molecule has 0 bridgehead atoms. The van der Waals surface area contributed by atoms with Gasteiger partial charge in [-0.1, -0.05) is 0 Å². The highest BCUT2D eigenvalue weighted by molar-refractivity contribution is 5.98. The largest absolute Gasteiger partial charge is 0.448 e. The molecule has 1 fully saturated rings. The van der Waals surface area contributed by atoms with Gasteiger partial charge in [-0.3, -0.25) is 20.2 Å². The second kappa shape index (κ2) is 6.46. The summed E-state index contributed by atoms with van der Waals surface area (Å²) in [5.41, 5.74) is -0.334. The van der Waals surface area contributed by atoms with Gasteiger partial charge in [0.25, 0.3) is 11.6 Å². The first-order chi connectivity index (χ1) is 10.8. The average Bonchev–Trinajstić information content (AvgIpc) is 3.17. The van der Waals surface area contributed by atoms with Crippen LogP contribution in [-0.2, 0) is 16.6 Å². The molecule has 10 nitrogen and oxygen atoms in total. The Labute approximate surface area is 130 Å². The Morgan fingerprint density at radius 2 is 2.09 bits per heavy atom. The highest BCUT2D eigenvalue weighted by Gasteiger charge is 2.27. The van der Waals surface area contributed by atoms with Gasteiger partial charge in [-0.2, -0.15) is 0 Å². The molecule has 2 N–H and O–H groups in total. The first-order valence-corrected chi connectivity index (χ1v) is 6.91. The zero-order valence-electron chi connectivity index (χ0n) is 12.6. The van der Waals surface area contributed by atoms with Crippen LogP contribution in [0.15, 0.2) is 12.3 Å². The number of nitrogens with zero attached hydrogens (tertiary/aromatic N) is 2. The molecule has 1 unspecified atom stereocenters. The fraction of sp³-hybridized carbons (Fsp3) is 0.462. The summed E-state index contributed by atoms with van der Waals surface area (Å²) in [5.74, 6) is -1.67. The fourth-order valence-corrected chi connectivity index (χ4v) is 1.79. The molecular formula is C13H16N4O6. The van der Waals surface area contributed by atoms with E-state index in [-0.39, 0.29) is 17.4 Å². The van der Waals surface area contributed by atoms with Crippen LogP contribution < -0.4 is 10.6 Å². The summed E-state index contributed by atoms with van der Waals surface area (Å²) in [7, 11) is 1.44. The predicted molar refractivity (Wildman–Crippen MR) is 76.6 cm³/mol. The van der Waals surface area contributed by atoms with Gasteiger partial charge >= 0.3 is 12.0 Å². The van der Waals surface area contributed by atoms with Crippen molar-refractivity contribution in [3.05, 3.63) is 28.1 Å². The summed E-state index contributed by atoms with van der Waals surface area (Å²) in [4.78, 5) is 45.2. The quantitative estimate of drug-likeness (QED) is 0.459. The number of esters is 1. The number of rotatable bonds is 5. The van der Waals surface area contributed by atoms with Gasteiger partial charge in [0, 0.05) is 19.2 Å². The number of ether oxygens (including phenoxy) is 1. The first kappa shape index (κ1) is 16.5. The van der Waals surface area contributed by atoms with Gasteiger partial charge in [0.05, 0.1) is 11.1 Å². The first-order valence-electron chi connectivity index (χ1n) is 6.91. The average molecular weight is 324 g/mol. The van der Waals surface area contributed by atoms with Crippen molar-refractivity contribution in [2.75, 3.05) is 0 Å². The van der Waals surface area contributed by atoms with Crippen LogP contribution in [0.1, 0.15) is 30.3 Å². The molecule has 0 spiro atoms. The van der Waals surface area contributed by atoms with Crippen LogP contribution in [-0.4, -0.2) is 39.5 Å². The van der Waals surface area contributed by atoms with Crippen molar-refractivity contribution in [3.63, 3.8) is 0 Å². The number of imide groups is 1. The number of amides is 3. The van der Waals surface area contributed by atoms with Gasteiger partial charge in [-0.15, -0.1) is 0 Å². The molecule has 0 aliphatic heterocycles. The fourth-order valence-electron chi connectivity index (χ4n) is 1.79. The van der Waals surface area contributed by atoms with Crippen molar-refractivity contribution in [2.45, 2.75) is 31.9 Å². The molecule has 2 rings (SSSR count). The lowest BCUT2D eigenvalue weighted by atomic mass is 10.3. The number of carbonyl (C=O) groups is 3. The number of nitro groups is 1. The van der Waals surface area contributed by atoms with E-state index in [1.807, 2.05) is 0 Å². The summed E-state index contributed by atoms with van der Waals surface area (Å²) in [6.45, 7) is 1.30. The van der Waals surface area contributed by atoms with Crippen LogP contribution >= 0.6 is 0 Å². The minimum Gasteiger partial charge on any atom is -0.448 e. The second-order valence-corrected chi connectivity index (χ2v) is 5.24. The van der Waals surface area contributed by atoms with Gasteiger partial charge < -0.3 is 14.6 Å². The molecule has 10 heteroatoms. The molecule has 1 aliphatic carbocycles. The third-order valence-electron chi connectivity index (χ3n) is 3.21. The Kier molecular flexibility index (Phi) is 4.63. The summed E-state index contributed by atoms with van der Waals surface area (Å²) in [6, 6.07) is 0.492. The maximum atomic E-state index is 11.9. The Bertz CT molecular complexity index is 663. The zero-order valence-corrected chi connectivity index (χ0v) is 12.6. The number of aryl methyl sites for hydroxylation is 1. The molecule has 1 heterocycles. The van der Waals surface area contributed by atoms with Crippen molar-refractivity contribution >= 4 is 23.6 Å². The molecule has 0 aromatic carbocycles. The molecule has 23 heavy (non-hydrogen) atoms. The van der Waals surface area contributed by atoms with E-state index in [0.717, 1.165) is 25.1 Å². The topological polar surface area (TPSA) is 133 Å². The monoisotopic (exact) mass is 324 g/mol. The van der Waals surface area contributed by atoms with E-state index >= 15 is 0 Å². The normalized spacial score (nSPS) is 14.7. The van der Waals surface area contributed by atoms with Gasteiger partial charge in [0.1, 0.15) is 5.69 Å². The van der Waals surface area contributed by atoms with E-state index in [9.17, 15) is 24.5 Å². The van der Waals surface area contributed by atoms with E-state index in [1.165, 1.54) is 18.5 Å². The SMILES string of the molecule is CC(OC(=O)c1cc([N+](=O)[O-])cn1C)C(=O)NC(=O)NC1CC1. The smallest absolute Gasteiger partial charge is 0.355 e. The van der Waals surface area contributed by atoms with Crippen molar-refractivity contribution in [1.82, 2.24) is 15.2 Å². The summed E-state index contributed by atoms with van der Waals surface area (Å²) >= 11 is 0. The lowest BCUT2D eigenvalue weighted by Crippen LogP contribution is -2.45. The molecule has 1 saturated carbocycles. The zero-order chi connectivity index (χ0) is 17.1. The highest BCUT2D eigenvalue weighted by atomic mass is 16.6. The van der Waals surface area contributed by atoms with Crippen LogP contribution in [0.3, 0.4) is 0 Å². The minimum absolute atomic E-state index is 0.0706. The highest BCUT2D eigenvalue weighted by Crippen LogP contribution is 2.18. The standard InChI is InChI=1S/C13H16N4O6/c1-7(11(18)15-13(20)14-8-3-4-8)23-12(19)10-5-9(17(21)22)6-16(10)2/h5-8H,3-4H2,1-2H3,(H2,14,15,18,20). The maximum Gasteiger partial charge on any atom is 0.355 e. The van der Waals surface area contributed by atoms with Crippen LogP contribution in [0.4, 0.5) is 10.5 Å². The number of nitrogens with one attached hydrogen (secondary N) is 2. The molecule has 1 aromatic heterocycles. The van der Waals surface area contributed by atoms with Crippen molar-refractivity contribution in [1.29, 1.82) is 0 Å². The third-order valence-corrected chi connectivity index (χ3v) is 3.21. The molecule has 0 radical (unpaired) electrons. The molecule has 3 amide bonds. The second-order valence-electron chi connectivity index (χ2n) is 5.24. The number of hydrogen-bond donors (Lipinski definition) is 2. The molecule has 1 aliphatic rings. The van der Waals surface area contributed by atoms with Crippen LogP contribution in [0.2, 0.25) is 0 Å². The Balaban J connectivity index is 1.91. The summed E-state index contributed by atoms with van der Waals surface area (Å²) in [6.07, 6.45) is 1.68. The summed E-state index contributed by atoms with van der Waals surface area (Å²) in [5, 5.41) is 15.3. The molecule has 1 aromatic rings. The minimum atomic E-state index is -1.22. The number of carbonyl (C=O) groups excluding carboxylic acids is 3. The maximum absolute atomic E-state index is 11.9. The van der Waals surface area contributed by atoms with E-state index in [4.69, 9.17) is 4.74 Å². The van der Waals surface area contributed by atoms with Crippen LogP contribution in [0.5, 0.6) is 0 Å². The Hall–Kier alpha value is -2.91. The van der Waals surface area contributed by atoms with Crippen molar-refractivity contribution in [2.24, 2.45) is 7.05 Å². The molecule has 1 atom stereocenters. The van der Waals surface area contributed by atoms with E-state index in [1.54, 1.807) is 0 Å². The lowest BCUT2D eigenvalue weighted by molar-refractivity contribution is -0.384. The van der Waals surface area contributed by atoms with Crippen LogP contribution in [0.25, 0.3) is 0 Å². The molecule has 0 saturated heterocycles. The van der Waals surface area contributed by atoms with Gasteiger partial charge in [0.2, 0.25) is 0 Å². The van der Waals surface area contributed by atoms with E-state index in [2.05, 4.69) is 10.6 Å². The van der Waals surface area contributed by atoms with Crippen LogP contribution in [0, 0.1) is 10.1 Å². The van der Waals surface area contributed by atoms with Gasteiger partial charge in [-0.25, -0.2) is 9.59 Å². The third kappa shape index (κ3) is 4.28. The van der Waals surface area contributed by atoms with Gasteiger partial charge in [0.15, 0.2) is 6.10 Å². The van der Waals surface area contributed by atoms with E-state index < -0.39 is 28.9 Å². The van der Waals surface area contributed by atoms with Gasteiger partial charge in [-0.05, 0) is 19.8 Å². The number of aromatic nitrogens is 1. The number of hydrogen-bond acceptors (Lipinski definition) is 6. The lowest BCUT2D eigenvalue weighted by Gasteiger charge is -2.13. The molecule has 124 valence electrons. The van der Waals surface area contributed by atoms with Crippen molar-refractivity contribution < 1.29 is 24.0 Å². The predicted octanol–water partition coefficient (Wildman–Crippen LogP) is 0.467. The number of urea groups is 1. The van der Waals surface area contributed by atoms with E-state index in [0.29, 0.717) is 0 Å². The summed E-state index contributed by atoms with van der Waals surface area (Å²) < 4.78 is 6.15. The Morgan fingerprint density at radius 3 is 2.61 bits per heavy atom. The Morgan fingerprint density at radius 1 is 1.43 bits per heavy atom. The molecular weight excluding hydrogens is 308 g/mol.